The van der Waals surface area contributed by atoms with Crippen LogP contribution in [0.4, 0.5) is 0 Å². The Balaban J connectivity index is 1.79. The highest BCUT2D eigenvalue weighted by Gasteiger charge is 2.31. The molecule has 2 heterocycles. The number of hydrogen-bond acceptors (Lipinski definition) is 4. The van der Waals surface area contributed by atoms with E-state index < -0.39 is 0 Å². The van der Waals surface area contributed by atoms with Crippen molar-refractivity contribution in [2.45, 2.75) is 32.6 Å². The molecule has 0 spiro atoms. The van der Waals surface area contributed by atoms with Crippen molar-refractivity contribution in [1.82, 2.24) is 10.2 Å². The largest absolute Gasteiger partial charge is 0.466 e. The molecule has 0 saturated carbocycles. The van der Waals surface area contributed by atoms with Crippen LogP contribution in [0.25, 0.3) is 0 Å². The van der Waals surface area contributed by atoms with Crippen molar-refractivity contribution in [2.24, 2.45) is 11.8 Å². The fourth-order valence-corrected chi connectivity index (χ4v) is 2.92. The molecule has 19 heavy (non-hydrogen) atoms. The van der Waals surface area contributed by atoms with E-state index in [1.54, 1.807) is 0 Å². The lowest BCUT2D eigenvalue weighted by Gasteiger charge is -2.34. The lowest BCUT2D eigenvalue weighted by Crippen LogP contribution is -2.45. The SMILES string of the molecule is CCOC(=O)C1CCN(C(=O)C2CCNCC2)CC1. The molecule has 0 bridgehead atoms. The molecule has 0 unspecified atom stereocenters. The molecule has 0 atom stereocenters. The molecule has 2 saturated heterocycles. The second kappa shape index (κ2) is 6.89. The molecule has 5 heteroatoms. The predicted molar refractivity (Wildman–Crippen MR) is 71.5 cm³/mol. The van der Waals surface area contributed by atoms with E-state index in [1.807, 2.05) is 11.8 Å². The van der Waals surface area contributed by atoms with Crippen molar-refractivity contribution in [3.05, 3.63) is 0 Å². The third-order valence-corrected chi connectivity index (χ3v) is 4.11. The number of ether oxygens (including phenoxy) is 1. The number of likely N-dealkylation sites (tertiary alicyclic amines) is 1. The van der Waals surface area contributed by atoms with E-state index in [0.29, 0.717) is 19.7 Å². The van der Waals surface area contributed by atoms with E-state index >= 15 is 0 Å². The van der Waals surface area contributed by atoms with Gasteiger partial charge in [-0.3, -0.25) is 9.59 Å². The molecule has 0 aromatic heterocycles. The van der Waals surface area contributed by atoms with E-state index in [4.69, 9.17) is 4.74 Å². The Morgan fingerprint density at radius 2 is 1.74 bits per heavy atom. The Morgan fingerprint density at radius 3 is 2.32 bits per heavy atom. The number of piperidine rings is 2. The van der Waals surface area contributed by atoms with Crippen molar-refractivity contribution in [1.29, 1.82) is 0 Å². The highest BCUT2D eigenvalue weighted by atomic mass is 16.5. The molecule has 0 aromatic rings. The number of carbonyl (C=O) groups excluding carboxylic acids is 2. The van der Waals surface area contributed by atoms with Crippen molar-refractivity contribution in [3.63, 3.8) is 0 Å². The van der Waals surface area contributed by atoms with E-state index in [-0.39, 0.29) is 23.7 Å². The minimum Gasteiger partial charge on any atom is -0.466 e. The first-order chi connectivity index (χ1) is 9.22. The number of nitrogens with one attached hydrogen (secondary N) is 1. The molecular weight excluding hydrogens is 244 g/mol. The van der Waals surface area contributed by atoms with Gasteiger partial charge in [-0.25, -0.2) is 0 Å². The second-order valence-corrected chi connectivity index (χ2v) is 5.38. The average molecular weight is 268 g/mol. The summed E-state index contributed by atoms with van der Waals surface area (Å²) in [5.74, 6) is 0.345. The van der Waals surface area contributed by atoms with Crippen LogP contribution in [0.1, 0.15) is 32.6 Å². The van der Waals surface area contributed by atoms with Gasteiger partial charge in [0.1, 0.15) is 0 Å². The highest BCUT2D eigenvalue weighted by molar-refractivity contribution is 5.79. The molecule has 0 aliphatic carbocycles. The molecule has 1 N–H and O–H groups in total. The summed E-state index contributed by atoms with van der Waals surface area (Å²) >= 11 is 0. The van der Waals surface area contributed by atoms with E-state index in [2.05, 4.69) is 5.32 Å². The first-order valence-corrected chi connectivity index (χ1v) is 7.38. The van der Waals surface area contributed by atoms with Crippen molar-refractivity contribution in [2.75, 3.05) is 32.8 Å². The maximum atomic E-state index is 12.3. The van der Waals surface area contributed by atoms with Crippen molar-refractivity contribution >= 4 is 11.9 Å². The lowest BCUT2D eigenvalue weighted by atomic mass is 9.93. The van der Waals surface area contributed by atoms with Gasteiger partial charge in [-0.15, -0.1) is 0 Å². The fraction of sp³-hybridized carbons (Fsp3) is 0.857. The van der Waals surface area contributed by atoms with Crippen LogP contribution >= 0.6 is 0 Å². The van der Waals surface area contributed by atoms with Gasteiger partial charge in [0.25, 0.3) is 0 Å². The van der Waals surface area contributed by atoms with Gasteiger partial charge in [-0.1, -0.05) is 0 Å². The van der Waals surface area contributed by atoms with Crippen LogP contribution in [0.5, 0.6) is 0 Å². The Hall–Kier alpha value is -1.10. The number of nitrogens with zero attached hydrogens (tertiary/aromatic N) is 1. The summed E-state index contributed by atoms with van der Waals surface area (Å²) in [4.78, 5) is 25.9. The zero-order valence-electron chi connectivity index (χ0n) is 11.7. The molecular formula is C14H24N2O3. The normalized spacial score (nSPS) is 22.3. The molecule has 2 fully saturated rings. The lowest BCUT2D eigenvalue weighted by molar-refractivity contribution is -0.152. The molecule has 1 amide bonds. The van der Waals surface area contributed by atoms with Crippen LogP contribution in [0.2, 0.25) is 0 Å². The van der Waals surface area contributed by atoms with Gasteiger partial charge in [-0.2, -0.15) is 0 Å². The number of hydrogen-bond donors (Lipinski definition) is 1. The Morgan fingerprint density at radius 1 is 1.11 bits per heavy atom. The molecule has 2 rings (SSSR count). The summed E-state index contributed by atoms with van der Waals surface area (Å²) in [5.41, 5.74) is 0. The number of carbonyl (C=O) groups is 2. The topological polar surface area (TPSA) is 58.6 Å². The van der Waals surface area contributed by atoms with Crippen LogP contribution in [0.15, 0.2) is 0 Å². The average Bonchev–Trinajstić information content (AvgIpc) is 2.48. The summed E-state index contributed by atoms with van der Waals surface area (Å²) < 4.78 is 5.04. The first kappa shape index (κ1) is 14.3. The minimum atomic E-state index is -0.100. The van der Waals surface area contributed by atoms with E-state index in [9.17, 15) is 9.59 Å². The van der Waals surface area contributed by atoms with Gasteiger partial charge in [0.2, 0.25) is 5.91 Å². The number of esters is 1. The fourth-order valence-electron chi connectivity index (χ4n) is 2.92. The Bertz CT molecular complexity index is 319. The third kappa shape index (κ3) is 3.69. The van der Waals surface area contributed by atoms with Crippen LogP contribution in [0, 0.1) is 11.8 Å². The van der Waals surface area contributed by atoms with Crippen LogP contribution in [0.3, 0.4) is 0 Å². The Kier molecular flexibility index (Phi) is 5.19. The standard InChI is InChI=1S/C14H24N2O3/c1-2-19-14(18)12-5-9-16(10-6-12)13(17)11-3-7-15-8-4-11/h11-12,15H,2-10H2,1H3. The van der Waals surface area contributed by atoms with Crippen LogP contribution in [-0.2, 0) is 14.3 Å². The summed E-state index contributed by atoms with van der Waals surface area (Å²) in [7, 11) is 0. The minimum absolute atomic E-state index is 0.0166. The van der Waals surface area contributed by atoms with Gasteiger partial charge < -0.3 is 15.0 Å². The first-order valence-electron chi connectivity index (χ1n) is 7.38. The maximum absolute atomic E-state index is 12.3. The summed E-state index contributed by atoms with van der Waals surface area (Å²) in [5, 5.41) is 3.28. The predicted octanol–water partition coefficient (Wildman–Crippen LogP) is 0.788. The Labute approximate surface area is 114 Å². The summed E-state index contributed by atoms with van der Waals surface area (Å²) in [6.45, 7) is 5.55. The molecule has 5 nitrogen and oxygen atoms in total. The molecule has 108 valence electrons. The summed E-state index contributed by atoms with van der Waals surface area (Å²) in [6, 6.07) is 0. The monoisotopic (exact) mass is 268 g/mol. The van der Waals surface area contributed by atoms with Crippen molar-refractivity contribution in [3.8, 4) is 0 Å². The van der Waals surface area contributed by atoms with Crippen LogP contribution < -0.4 is 5.32 Å². The van der Waals surface area contributed by atoms with E-state index in [1.165, 1.54) is 0 Å². The highest BCUT2D eigenvalue weighted by Crippen LogP contribution is 2.22. The smallest absolute Gasteiger partial charge is 0.309 e. The van der Waals surface area contributed by atoms with Gasteiger partial charge in [-0.05, 0) is 45.7 Å². The van der Waals surface area contributed by atoms with E-state index in [0.717, 1.165) is 38.8 Å². The molecule has 0 radical (unpaired) electrons. The van der Waals surface area contributed by atoms with Crippen LogP contribution in [-0.4, -0.2) is 49.6 Å². The number of rotatable bonds is 3. The molecule has 0 aromatic carbocycles. The third-order valence-electron chi connectivity index (χ3n) is 4.11. The van der Waals surface area contributed by atoms with Gasteiger partial charge in [0, 0.05) is 19.0 Å². The molecule has 2 aliphatic rings. The quantitative estimate of drug-likeness (QED) is 0.769. The van der Waals surface area contributed by atoms with Gasteiger partial charge in [0.05, 0.1) is 12.5 Å². The maximum Gasteiger partial charge on any atom is 0.309 e. The van der Waals surface area contributed by atoms with Gasteiger partial charge >= 0.3 is 5.97 Å². The number of amides is 1. The zero-order chi connectivity index (χ0) is 13.7. The second-order valence-electron chi connectivity index (χ2n) is 5.38. The summed E-state index contributed by atoms with van der Waals surface area (Å²) in [6.07, 6.45) is 3.37. The molecule has 2 aliphatic heterocycles. The zero-order valence-corrected chi connectivity index (χ0v) is 11.7. The van der Waals surface area contributed by atoms with Gasteiger partial charge in [0.15, 0.2) is 0 Å². The van der Waals surface area contributed by atoms with Crippen molar-refractivity contribution < 1.29 is 14.3 Å².